The van der Waals surface area contributed by atoms with E-state index >= 15 is 0 Å². The predicted octanol–water partition coefficient (Wildman–Crippen LogP) is 2.65. The van der Waals surface area contributed by atoms with E-state index in [1.165, 1.54) is 19.3 Å². The molecule has 1 saturated heterocycles. The molecule has 0 radical (unpaired) electrons. The van der Waals surface area contributed by atoms with Gasteiger partial charge >= 0.3 is 6.09 Å². The van der Waals surface area contributed by atoms with E-state index in [1.54, 1.807) is 0 Å². The van der Waals surface area contributed by atoms with Crippen LogP contribution in [0.15, 0.2) is 0 Å². The molecular formula is C13H21NO2. The number of carbonyl (C=O) groups excluding carboxylic acids is 1. The SMILES string of the molecule is CC(C)(C)OC(=O)N1CC(C23CC(C2)C3)C1. The minimum absolute atomic E-state index is 0.129. The predicted molar refractivity (Wildman–Crippen MR) is 61.1 cm³/mol. The zero-order valence-electron chi connectivity index (χ0n) is 10.5. The summed E-state index contributed by atoms with van der Waals surface area (Å²) < 4.78 is 5.35. The Bertz CT molecular complexity index is 308. The van der Waals surface area contributed by atoms with Crippen molar-refractivity contribution in [3.05, 3.63) is 0 Å². The van der Waals surface area contributed by atoms with Crippen LogP contribution in [0.5, 0.6) is 0 Å². The molecule has 1 heterocycles. The van der Waals surface area contributed by atoms with Gasteiger partial charge in [0, 0.05) is 19.0 Å². The van der Waals surface area contributed by atoms with Gasteiger partial charge in [0.05, 0.1) is 0 Å². The van der Waals surface area contributed by atoms with Gasteiger partial charge in [0.2, 0.25) is 0 Å². The fourth-order valence-corrected chi connectivity index (χ4v) is 3.39. The van der Waals surface area contributed by atoms with E-state index in [2.05, 4.69) is 0 Å². The largest absolute Gasteiger partial charge is 0.444 e. The number of hydrogen-bond donors (Lipinski definition) is 0. The van der Waals surface area contributed by atoms with Crippen molar-refractivity contribution in [1.29, 1.82) is 0 Å². The zero-order valence-corrected chi connectivity index (χ0v) is 10.5. The number of rotatable bonds is 1. The average molecular weight is 223 g/mol. The Morgan fingerprint density at radius 3 is 2.19 bits per heavy atom. The molecule has 16 heavy (non-hydrogen) atoms. The van der Waals surface area contributed by atoms with E-state index in [0.717, 1.165) is 24.9 Å². The first-order chi connectivity index (χ1) is 7.38. The first-order valence-electron chi connectivity index (χ1n) is 6.36. The topological polar surface area (TPSA) is 29.5 Å². The van der Waals surface area contributed by atoms with Crippen LogP contribution in [0.3, 0.4) is 0 Å². The molecule has 3 aliphatic carbocycles. The lowest BCUT2D eigenvalue weighted by Crippen LogP contribution is -2.66. The number of hydrogen-bond acceptors (Lipinski definition) is 2. The van der Waals surface area contributed by atoms with Crippen LogP contribution in [-0.2, 0) is 4.74 Å². The monoisotopic (exact) mass is 223 g/mol. The highest BCUT2D eigenvalue weighted by Gasteiger charge is 2.62. The van der Waals surface area contributed by atoms with E-state index < -0.39 is 0 Å². The number of amides is 1. The Labute approximate surface area is 97.1 Å². The normalized spacial score (nSPS) is 37.2. The summed E-state index contributed by atoms with van der Waals surface area (Å²) in [7, 11) is 0. The van der Waals surface area contributed by atoms with Gasteiger partial charge in [-0.25, -0.2) is 4.79 Å². The number of ether oxygens (including phenoxy) is 1. The summed E-state index contributed by atoms with van der Waals surface area (Å²) in [6.07, 6.45) is 4.16. The van der Waals surface area contributed by atoms with Crippen molar-refractivity contribution in [2.45, 2.75) is 45.6 Å². The summed E-state index contributed by atoms with van der Waals surface area (Å²) in [6, 6.07) is 0. The van der Waals surface area contributed by atoms with Crippen molar-refractivity contribution in [2.75, 3.05) is 13.1 Å². The van der Waals surface area contributed by atoms with E-state index in [9.17, 15) is 4.79 Å². The summed E-state index contributed by atoms with van der Waals surface area (Å²) in [4.78, 5) is 13.6. The fraction of sp³-hybridized carbons (Fsp3) is 0.923. The second-order valence-corrected chi connectivity index (χ2v) is 6.92. The lowest BCUT2D eigenvalue weighted by Gasteiger charge is -2.68. The molecular weight excluding hydrogens is 202 g/mol. The van der Waals surface area contributed by atoms with Crippen molar-refractivity contribution in [1.82, 2.24) is 4.90 Å². The van der Waals surface area contributed by atoms with Crippen molar-refractivity contribution in [3.63, 3.8) is 0 Å². The van der Waals surface area contributed by atoms with E-state index in [-0.39, 0.29) is 11.7 Å². The molecule has 90 valence electrons. The Kier molecular flexibility index (Phi) is 1.91. The first-order valence-corrected chi connectivity index (χ1v) is 6.36. The van der Waals surface area contributed by atoms with Gasteiger partial charge in [0.15, 0.2) is 0 Å². The van der Waals surface area contributed by atoms with Crippen LogP contribution in [0.4, 0.5) is 4.79 Å². The van der Waals surface area contributed by atoms with Crippen molar-refractivity contribution in [3.8, 4) is 0 Å². The highest BCUT2D eigenvalue weighted by Crippen LogP contribution is 2.69. The van der Waals surface area contributed by atoms with Crippen LogP contribution in [0.2, 0.25) is 0 Å². The fourth-order valence-electron chi connectivity index (χ4n) is 3.39. The van der Waals surface area contributed by atoms with Gasteiger partial charge in [-0.15, -0.1) is 0 Å². The molecule has 2 bridgehead atoms. The first kappa shape index (κ1) is 10.4. The average Bonchev–Trinajstić information content (AvgIpc) is 1.83. The molecule has 0 aromatic carbocycles. The number of likely N-dealkylation sites (tertiary alicyclic amines) is 1. The van der Waals surface area contributed by atoms with Crippen LogP contribution < -0.4 is 0 Å². The lowest BCUT2D eigenvalue weighted by molar-refractivity contribution is -0.185. The van der Waals surface area contributed by atoms with Crippen LogP contribution in [0, 0.1) is 17.3 Å². The molecule has 0 aromatic heterocycles. The standard InChI is InChI=1S/C13H21NO2/c1-12(2,3)16-11(15)14-7-10(8-14)13-4-9(5-13)6-13/h9-10H,4-8H2,1-3H3. The molecule has 3 saturated carbocycles. The third-order valence-electron chi connectivity index (χ3n) is 4.48. The van der Waals surface area contributed by atoms with Gasteiger partial charge in [-0.2, -0.15) is 0 Å². The quantitative estimate of drug-likeness (QED) is 0.684. The minimum Gasteiger partial charge on any atom is -0.444 e. The second-order valence-electron chi connectivity index (χ2n) is 6.92. The van der Waals surface area contributed by atoms with Crippen LogP contribution in [0.1, 0.15) is 40.0 Å². The summed E-state index contributed by atoms with van der Waals surface area (Å²) in [5, 5.41) is 0. The Hall–Kier alpha value is -0.730. The van der Waals surface area contributed by atoms with E-state index in [4.69, 9.17) is 4.74 Å². The molecule has 0 aromatic rings. The second kappa shape index (κ2) is 2.93. The number of nitrogens with zero attached hydrogens (tertiary/aromatic N) is 1. The van der Waals surface area contributed by atoms with Gasteiger partial charge in [0.1, 0.15) is 5.60 Å². The molecule has 3 nitrogen and oxygen atoms in total. The van der Waals surface area contributed by atoms with Gasteiger partial charge < -0.3 is 9.64 Å². The third-order valence-corrected chi connectivity index (χ3v) is 4.48. The van der Waals surface area contributed by atoms with Crippen LogP contribution in [-0.4, -0.2) is 29.7 Å². The number of carbonyl (C=O) groups is 1. The molecule has 4 aliphatic rings. The minimum atomic E-state index is -0.363. The molecule has 0 spiro atoms. The molecule has 4 fully saturated rings. The van der Waals surface area contributed by atoms with Crippen LogP contribution in [0.25, 0.3) is 0 Å². The highest BCUT2D eigenvalue weighted by atomic mass is 16.6. The summed E-state index contributed by atoms with van der Waals surface area (Å²) in [5.74, 6) is 1.81. The van der Waals surface area contributed by atoms with Crippen LogP contribution >= 0.6 is 0 Å². The van der Waals surface area contributed by atoms with Gasteiger partial charge in [-0.05, 0) is 51.4 Å². The van der Waals surface area contributed by atoms with E-state index in [0.29, 0.717) is 5.41 Å². The van der Waals surface area contributed by atoms with Gasteiger partial charge in [0.25, 0.3) is 0 Å². The van der Waals surface area contributed by atoms with E-state index in [1.807, 2.05) is 25.7 Å². The molecule has 0 N–H and O–H groups in total. The Morgan fingerprint density at radius 1 is 1.25 bits per heavy atom. The smallest absolute Gasteiger partial charge is 0.410 e. The molecule has 1 amide bonds. The maximum Gasteiger partial charge on any atom is 0.410 e. The zero-order chi connectivity index (χ0) is 11.6. The maximum absolute atomic E-state index is 11.7. The lowest BCUT2D eigenvalue weighted by atomic mass is 9.39. The summed E-state index contributed by atoms with van der Waals surface area (Å²) in [6.45, 7) is 7.62. The van der Waals surface area contributed by atoms with Gasteiger partial charge in [-0.3, -0.25) is 0 Å². The van der Waals surface area contributed by atoms with Gasteiger partial charge in [-0.1, -0.05) is 0 Å². The Morgan fingerprint density at radius 2 is 1.81 bits per heavy atom. The highest BCUT2D eigenvalue weighted by molar-refractivity contribution is 5.69. The molecule has 1 aliphatic heterocycles. The molecule has 3 heteroatoms. The summed E-state index contributed by atoms with van der Waals surface area (Å²) in [5.41, 5.74) is 0.293. The Balaban J connectivity index is 1.48. The molecule has 4 rings (SSSR count). The van der Waals surface area contributed by atoms with Crippen molar-refractivity contribution in [2.24, 2.45) is 17.3 Å². The molecule has 0 unspecified atom stereocenters. The summed E-state index contributed by atoms with van der Waals surface area (Å²) >= 11 is 0. The molecule has 0 atom stereocenters. The van der Waals surface area contributed by atoms with Crippen molar-refractivity contribution >= 4 is 6.09 Å². The van der Waals surface area contributed by atoms with Crippen molar-refractivity contribution < 1.29 is 9.53 Å². The maximum atomic E-state index is 11.7. The third kappa shape index (κ3) is 1.44.